The lowest BCUT2D eigenvalue weighted by Crippen LogP contribution is -2.00. The zero-order valence-electron chi connectivity index (χ0n) is 26.0. The van der Waals surface area contributed by atoms with Crippen LogP contribution in [0.3, 0.4) is 0 Å². The monoisotopic (exact) mass is 612 g/mol. The fourth-order valence-corrected chi connectivity index (χ4v) is 6.20. The van der Waals surface area contributed by atoms with E-state index in [1.165, 1.54) is 10.8 Å². The fraction of sp³-hybridized carbons (Fsp3) is 0. The van der Waals surface area contributed by atoms with Crippen LogP contribution in [0, 0.1) is 11.3 Å². The number of hydrogen-bond donors (Lipinski definition) is 0. The summed E-state index contributed by atoms with van der Waals surface area (Å²) in [5, 5.41) is 11.7. The van der Waals surface area contributed by atoms with Crippen LogP contribution in [0.2, 0.25) is 0 Å². The van der Waals surface area contributed by atoms with Gasteiger partial charge in [-0.3, -0.25) is 0 Å². The molecule has 0 aliphatic heterocycles. The van der Waals surface area contributed by atoms with E-state index in [4.69, 9.17) is 15.0 Å². The average Bonchev–Trinajstić information content (AvgIpc) is 3.18. The number of aromatic nitrogens is 3. The molecular formula is C44H28N4. The molecule has 48 heavy (non-hydrogen) atoms. The molecule has 8 aromatic rings. The first-order valence-electron chi connectivity index (χ1n) is 15.8. The van der Waals surface area contributed by atoms with Crippen LogP contribution in [-0.4, -0.2) is 15.0 Å². The summed E-state index contributed by atoms with van der Waals surface area (Å²) in [5.41, 5.74) is 10.1. The summed E-state index contributed by atoms with van der Waals surface area (Å²) in [6, 6.07) is 60.0. The van der Waals surface area contributed by atoms with E-state index in [9.17, 15) is 5.26 Å². The van der Waals surface area contributed by atoms with Crippen molar-refractivity contribution >= 4 is 10.8 Å². The normalized spacial score (nSPS) is 10.9. The molecule has 8 rings (SSSR count). The Balaban J connectivity index is 1.23. The molecule has 0 bridgehead atoms. The van der Waals surface area contributed by atoms with E-state index in [1.807, 2.05) is 84.9 Å². The first kappa shape index (κ1) is 28.8. The molecule has 4 nitrogen and oxygen atoms in total. The molecule has 0 radical (unpaired) electrons. The van der Waals surface area contributed by atoms with Crippen LogP contribution in [0.25, 0.3) is 78.3 Å². The molecule has 0 N–H and O–H groups in total. The minimum absolute atomic E-state index is 0.626. The second-order valence-electron chi connectivity index (χ2n) is 11.6. The van der Waals surface area contributed by atoms with Gasteiger partial charge in [-0.1, -0.05) is 152 Å². The van der Waals surface area contributed by atoms with E-state index < -0.39 is 0 Å². The number of nitriles is 1. The number of hydrogen-bond acceptors (Lipinski definition) is 4. The SMILES string of the molecule is N#Cc1cccc(-c2ccc(-c3cccc4cccc(-c5cccc(-c6nc(-c7ccccc7)nc(-c7ccccc7)n6)c5)c34)cc2)c1. The van der Waals surface area contributed by atoms with Gasteiger partial charge in [0.15, 0.2) is 17.5 Å². The highest BCUT2D eigenvalue weighted by atomic mass is 15.0. The highest BCUT2D eigenvalue weighted by Gasteiger charge is 2.15. The van der Waals surface area contributed by atoms with Gasteiger partial charge in [0.05, 0.1) is 11.6 Å². The molecule has 0 amide bonds. The van der Waals surface area contributed by atoms with Gasteiger partial charge < -0.3 is 0 Å². The van der Waals surface area contributed by atoms with Gasteiger partial charge in [-0.15, -0.1) is 0 Å². The smallest absolute Gasteiger partial charge is 0.164 e. The highest BCUT2D eigenvalue weighted by Crippen LogP contribution is 2.38. The third kappa shape index (κ3) is 5.62. The van der Waals surface area contributed by atoms with Crippen molar-refractivity contribution < 1.29 is 0 Å². The van der Waals surface area contributed by atoms with Crippen molar-refractivity contribution in [1.82, 2.24) is 15.0 Å². The Morgan fingerprint density at radius 1 is 0.354 bits per heavy atom. The Morgan fingerprint density at radius 3 is 1.46 bits per heavy atom. The van der Waals surface area contributed by atoms with Crippen LogP contribution < -0.4 is 0 Å². The maximum absolute atomic E-state index is 9.36. The van der Waals surface area contributed by atoms with Crippen molar-refractivity contribution in [1.29, 1.82) is 5.26 Å². The quantitative estimate of drug-likeness (QED) is 0.187. The first-order chi connectivity index (χ1) is 23.7. The number of rotatable bonds is 6. The van der Waals surface area contributed by atoms with Crippen LogP contribution in [0.4, 0.5) is 0 Å². The van der Waals surface area contributed by atoms with E-state index >= 15 is 0 Å². The van der Waals surface area contributed by atoms with Crippen LogP contribution in [0.15, 0.2) is 170 Å². The van der Waals surface area contributed by atoms with Gasteiger partial charge in [-0.05, 0) is 62.4 Å². The third-order valence-corrected chi connectivity index (χ3v) is 8.56. The molecule has 224 valence electrons. The van der Waals surface area contributed by atoms with Crippen molar-refractivity contribution in [2.75, 3.05) is 0 Å². The van der Waals surface area contributed by atoms with Gasteiger partial charge in [-0.2, -0.15) is 5.26 Å². The standard InChI is InChI=1S/C44H28N4/c45-29-30-11-7-18-36(27-30)31-23-25-32(26-24-31)39-21-9-16-33-17-10-22-40(41(33)39)37-19-8-20-38(28-37)44-47-42(34-12-3-1-4-13-34)46-43(48-44)35-14-5-2-6-15-35/h1-28H. The van der Waals surface area contributed by atoms with Gasteiger partial charge in [0.1, 0.15) is 0 Å². The van der Waals surface area contributed by atoms with E-state index in [1.54, 1.807) is 0 Å². The van der Waals surface area contributed by atoms with Crippen molar-refractivity contribution in [2.45, 2.75) is 0 Å². The summed E-state index contributed by atoms with van der Waals surface area (Å²) in [5.74, 6) is 1.90. The maximum Gasteiger partial charge on any atom is 0.164 e. The Hall–Kier alpha value is -6.70. The highest BCUT2D eigenvalue weighted by molar-refractivity contribution is 6.06. The largest absolute Gasteiger partial charge is 0.208 e. The molecule has 0 atom stereocenters. The second kappa shape index (κ2) is 12.6. The van der Waals surface area contributed by atoms with Crippen molar-refractivity contribution in [3.63, 3.8) is 0 Å². The van der Waals surface area contributed by atoms with E-state index in [2.05, 4.69) is 91.0 Å². The summed E-state index contributed by atoms with van der Waals surface area (Å²) < 4.78 is 0. The summed E-state index contributed by atoms with van der Waals surface area (Å²) >= 11 is 0. The van der Waals surface area contributed by atoms with Gasteiger partial charge in [0.2, 0.25) is 0 Å². The minimum atomic E-state index is 0.626. The lowest BCUT2D eigenvalue weighted by atomic mass is 9.90. The predicted octanol–water partition coefficient (Wildman–Crippen LogP) is 10.9. The first-order valence-corrected chi connectivity index (χ1v) is 15.8. The molecule has 7 aromatic carbocycles. The molecule has 0 saturated carbocycles. The average molecular weight is 613 g/mol. The van der Waals surface area contributed by atoms with E-state index in [0.717, 1.165) is 50.1 Å². The minimum Gasteiger partial charge on any atom is -0.208 e. The molecule has 4 heteroatoms. The van der Waals surface area contributed by atoms with Gasteiger partial charge in [0.25, 0.3) is 0 Å². The second-order valence-corrected chi connectivity index (χ2v) is 11.6. The van der Waals surface area contributed by atoms with Gasteiger partial charge >= 0.3 is 0 Å². The Kier molecular flexibility index (Phi) is 7.54. The third-order valence-electron chi connectivity index (χ3n) is 8.56. The topological polar surface area (TPSA) is 62.5 Å². The van der Waals surface area contributed by atoms with Crippen LogP contribution in [0.1, 0.15) is 5.56 Å². The molecule has 0 aliphatic rings. The summed E-state index contributed by atoms with van der Waals surface area (Å²) in [4.78, 5) is 14.8. The molecule has 1 heterocycles. The van der Waals surface area contributed by atoms with Gasteiger partial charge in [0, 0.05) is 16.7 Å². The fourth-order valence-electron chi connectivity index (χ4n) is 6.20. The maximum atomic E-state index is 9.36. The molecule has 0 fully saturated rings. The van der Waals surface area contributed by atoms with Crippen molar-refractivity contribution in [2.24, 2.45) is 0 Å². The summed E-state index contributed by atoms with van der Waals surface area (Å²) in [6.07, 6.45) is 0. The Morgan fingerprint density at radius 2 is 0.833 bits per heavy atom. The molecule has 1 aromatic heterocycles. The Labute approximate surface area is 279 Å². The summed E-state index contributed by atoms with van der Waals surface area (Å²) in [7, 11) is 0. The molecule has 0 spiro atoms. The molecule has 0 saturated heterocycles. The van der Waals surface area contributed by atoms with E-state index in [0.29, 0.717) is 23.0 Å². The van der Waals surface area contributed by atoms with Crippen molar-refractivity contribution in [3.8, 4) is 73.6 Å². The Bertz CT molecular complexity index is 2380. The lowest BCUT2D eigenvalue weighted by molar-refractivity contribution is 1.07. The van der Waals surface area contributed by atoms with Crippen LogP contribution >= 0.6 is 0 Å². The van der Waals surface area contributed by atoms with Crippen molar-refractivity contribution in [3.05, 3.63) is 175 Å². The number of benzene rings is 7. The zero-order valence-corrected chi connectivity index (χ0v) is 26.0. The molecule has 0 unspecified atom stereocenters. The lowest BCUT2D eigenvalue weighted by Gasteiger charge is -2.14. The van der Waals surface area contributed by atoms with E-state index in [-0.39, 0.29) is 0 Å². The number of nitrogens with zero attached hydrogens (tertiary/aromatic N) is 4. The summed E-state index contributed by atoms with van der Waals surface area (Å²) in [6.45, 7) is 0. The molecular weight excluding hydrogens is 585 g/mol. The van der Waals surface area contributed by atoms with Crippen LogP contribution in [0.5, 0.6) is 0 Å². The molecule has 0 aliphatic carbocycles. The predicted molar refractivity (Wildman–Crippen MR) is 195 cm³/mol. The zero-order chi connectivity index (χ0) is 32.3. The number of fused-ring (bicyclic) bond motifs is 1. The van der Waals surface area contributed by atoms with Crippen LogP contribution in [-0.2, 0) is 0 Å². The van der Waals surface area contributed by atoms with Gasteiger partial charge in [-0.25, -0.2) is 15.0 Å².